The number of nitrogens with zero attached hydrogens (tertiary/aromatic N) is 1. The van der Waals surface area contributed by atoms with Gasteiger partial charge in [0, 0.05) is 24.0 Å². The molecular weight excluding hydrogens is 202 g/mol. The quantitative estimate of drug-likeness (QED) is 0.430. The van der Waals surface area contributed by atoms with Gasteiger partial charge in [0.1, 0.15) is 0 Å². The first kappa shape index (κ1) is 11.9. The van der Waals surface area contributed by atoms with E-state index in [1.165, 1.54) is 7.11 Å². The summed E-state index contributed by atoms with van der Waals surface area (Å²) in [6.45, 7) is 5.47. The van der Waals surface area contributed by atoms with Gasteiger partial charge in [-0.3, -0.25) is 4.57 Å². The molecule has 3 heteroatoms. The number of methoxy groups -OCH3 is 1. The molecule has 0 fully saturated rings. The van der Waals surface area contributed by atoms with Crippen LogP contribution >= 0.6 is 0 Å². The molecule has 0 bridgehead atoms. The van der Waals surface area contributed by atoms with E-state index in [9.17, 15) is 4.79 Å². The average molecular weight is 215 g/mol. The van der Waals surface area contributed by atoms with E-state index in [2.05, 4.69) is 23.3 Å². The molecule has 0 aromatic carbocycles. The molecule has 3 nitrogen and oxygen atoms in total. The Morgan fingerprint density at radius 1 is 1.62 bits per heavy atom. The Labute approximate surface area is 95.0 Å². The highest BCUT2D eigenvalue weighted by molar-refractivity contribution is 5.89. The Morgan fingerprint density at radius 3 is 3.00 bits per heavy atom. The molecule has 0 N–H and O–H groups in total. The van der Waals surface area contributed by atoms with Crippen LogP contribution in [0.1, 0.15) is 17.3 Å². The number of esters is 1. The second-order valence-corrected chi connectivity index (χ2v) is 3.12. The lowest BCUT2D eigenvalue weighted by molar-refractivity contribution is 0.0601. The van der Waals surface area contributed by atoms with E-state index in [1.807, 2.05) is 13.0 Å². The summed E-state index contributed by atoms with van der Waals surface area (Å²) in [4.78, 5) is 11.2. The molecule has 16 heavy (non-hydrogen) atoms. The Hall–Kier alpha value is -2.21. The Kier molecular flexibility index (Phi) is 4.16. The van der Waals surface area contributed by atoms with Gasteiger partial charge in [-0.05, 0) is 18.9 Å². The largest absolute Gasteiger partial charge is 0.465 e. The summed E-state index contributed by atoms with van der Waals surface area (Å²) in [5.41, 5.74) is 1.39. The molecule has 1 aromatic heterocycles. The van der Waals surface area contributed by atoms with Crippen LogP contribution in [0.2, 0.25) is 0 Å². The van der Waals surface area contributed by atoms with E-state index in [4.69, 9.17) is 0 Å². The monoisotopic (exact) mass is 215 g/mol. The zero-order valence-electron chi connectivity index (χ0n) is 9.36. The molecule has 0 aliphatic rings. The van der Waals surface area contributed by atoms with Crippen LogP contribution in [0.15, 0.2) is 42.8 Å². The van der Waals surface area contributed by atoms with Gasteiger partial charge in [-0.1, -0.05) is 18.7 Å². The minimum atomic E-state index is -0.362. The molecular formula is C13H13NO2. The summed E-state index contributed by atoms with van der Waals surface area (Å²) in [6, 6.07) is 4.53. The normalized spacial score (nSPS) is 10.2. The molecule has 0 spiro atoms. The fourth-order valence-corrected chi connectivity index (χ4v) is 1.08. The summed E-state index contributed by atoms with van der Waals surface area (Å²) in [7, 11) is 1.35. The number of hydrogen-bond acceptors (Lipinski definition) is 2. The lowest BCUT2D eigenvalue weighted by Gasteiger charge is -1.92. The third kappa shape index (κ3) is 3.18. The average Bonchev–Trinajstić information content (AvgIpc) is 2.74. The van der Waals surface area contributed by atoms with Crippen molar-refractivity contribution in [2.75, 3.05) is 7.11 Å². The topological polar surface area (TPSA) is 31.2 Å². The van der Waals surface area contributed by atoms with Crippen molar-refractivity contribution in [3.05, 3.63) is 48.3 Å². The van der Waals surface area contributed by atoms with Crippen molar-refractivity contribution in [1.82, 2.24) is 4.57 Å². The van der Waals surface area contributed by atoms with Crippen molar-refractivity contribution in [3.63, 3.8) is 0 Å². The fraction of sp³-hybridized carbons (Fsp3) is 0.154. The van der Waals surface area contributed by atoms with Gasteiger partial charge in [-0.15, -0.1) is 0 Å². The highest BCUT2D eigenvalue weighted by atomic mass is 16.5. The van der Waals surface area contributed by atoms with Crippen LogP contribution in [0.25, 0.3) is 0 Å². The Balaban J connectivity index is 2.83. The number of ether oxygens (including phenoxy) is 1. The smallest absolute Gasteiger partial charge is 0.339 e. The first-order valence-corrected chi connectivity index (χ1v) is 4.75. The number of carbonyl (C=O) groups is 1. The Morgan fingerprint density at radius 2 is 2.38 bits per heavy atom. The molecule has 0 unspecified atom stereocenters. The number of allylic oxidation sites excluding steroid dienone is 3. The fourth-order valence-electron chi connectivity index (χ4n) is 1.08. The van der Waals surface area contributed by atoms with E-state index in [1.54, 1.807) is 29.1 Å². The van der Waals surface area contributed by atoms with Crippen molar-refractivity contribution in [2.24, 2.45) is 0 Å². The maximum atomic E-state index is 11.2. The van der Waals surface area contributed by atoms with Crippen LogP contribution in [0.3, 0.4) is 0 Å². The second-order valence-electron chi connectivity index (χ2n) is 3.12. The first-order chi connectivity index (χ1) is 7.67. The van der Waals surface area contributed by atoms with Crippen molar-refractivity contribution in [2.45, 2.75) is 6.92 Å². The third-order valence-corrected chi connectivity index (χ3v) is 1.86. The lowest BCUT2D eigenvalue weighted by Crippen LogP contribution is -1.98. The summed E-state index contributed by atoms with van der Waals surface area (Å²) < 4.78 is 6.21. The van der Waals surface area contributed by atoms with Crippen molar-refractivity contribution in [3.8, 4) is 12.0 Å². The van der Waals surface area contributed by atoms with Gasteiger partial charge in [0.25, 0.3) is 0 Å². The van der Waals surface area contributed by atoms with Crippen LogP contribution in [-0.2, 0) is 4.74 Å². The first-order valence-electron chi connectivity index (χ1n) is 4.75. The minimum absolute atomic E-state index is 0.362. The standard InChI is InChI=1S/C13H13NO2/c1-4-5-11(2)6-8-14-9-7-12(10-14)13(15)16-3/h4-5,7,9-10H,1H2,2-3H3/b11-5+. The SMILES string of the molecule is C=C/C=C(\C)C#Cn1ccc(C(=O)OC)c1. The highest BCUT2D eigenvalue weighted by Gasteiger charge is 2.05. The molecule has 0 saturated heterocycles. The molecule has 1 aromatic rings. The molecule has 1 heterocycles. The van der Waals surface area contributed by atoms with Gasteiger partial charge in [0.05, 0.1) is 12.7 Å². The Bertz CT molecular complexity index is 484. The second kappa shape index (κ2) is 5.62. The van der Waals surface area contributed by atoms with Crippen LogP contribution in [0, 0.1) is 12.0 Å². The van der Waals surface area contributed by atoms with Gasteiger partial charge in [-0.25, -0.2) is 4.79 Å². The maximum absolute atomic E-state index is 11.2. The van der Waals surface area contributed by atoms with E-state index in [-0.39, 0.29) is 5.97 Å². The van der Waals surface area contributed by atoms with Crippen molar-refractivity contribution in [1.29, 1.82) is 0 Å². The molecule has 0 atom stereocenters. The van der Waals surface area contributed by atoms with E-state index in [0.717, 1.165) is 5.57 Å². The molecule has 0 amide bonds. The van der Waals surface area contributed by atoms with Gasteiger partial charge >= 0.3 is 5.97 Å². The van der Waals surface area contributed by atoms with Crippen molar-refractivity contribution < 1.29 is 9.53 Å². The molecule has 0 aliphatic heterocycles. The predicted molar refractivity (Wildman–Crippen MR) is 62.9 cm³/mol. The minimum Gasteiger partial charge on any atom is -0.465 e. The predicted octanol–water partition coefficient (Wildman–Crippen LogP) is 2.22. The molecule has 0 radical (unpaired) electrons. The van der Waals surface area contributed by atoms with E-state index in [0.29, 0.717) is 5.56 Å². The number of hydrogen-bond donors (Lipinski definition) is 0. The molecule has 0 saturated carbocycles. The zero-order valence-corrected chi connectivity index (χ0v) is 9.36. The molecule has 1 rings (SSSR count). The van der Waals surface area contributed by atoms with Crippen molar-refractivity contribution >= 4 is 5.97 Å². The van der Waals surface area contributed by atoms with Gasteiger partial charge < -0.3 is 4.74 Å². The molecule has 0 aliphatic carbocycles. The summed E-state index contributed by atoms with van der Waals surface area (Å²) in [5, 5.41) is 0. The van der Waals surface area contributed by atoms with Crippen LogP contribution < -0.4 is 0 Å². The summed E-state index contributed by atoms with van der Waals surface area (Å²) in [5.74, 6) is 2.56. The van der Waals surface area contributed by atoms with Gasteiger partial charge in [0.2, 0.25) is 0 Å². The van der Waals surface area contributed by atoms with E-state index < -0.39 is 0 Å². The van der Waals surface area contributed by atoms with E-state index >= 15 is 0 Å². The summed E-state index contributed by atoms with van der Waals surface area (Å²) >= 11 is 0. The lowest BCUT2D eigenvalue weighted by atomic mass is 10.3. The number of carbonyl (C=O) groups excluding carboxylic acids is 1. The number of aromatic nitrogens is 1. The summed E-state index contributed by atoms with van der Waals surface area (Å²) in [6.07, 6.45) is 6.83. The van der Waals surface area contributed by atoms with Crippen LogP contribution in [-0.4, -0.2) is 17.6 Å². The highest BCUT2D eigenvalue weighted by Crippen LogP contribution is 2.01. The van der Waals surface area contributed by atoms with Crippen LogP contribution in [0.5, 0.6) is 0 Å². The van der Waals surface area contributed by atoms with Gasteiger partial charge in [0.15, 0.2) is 0 Å². The third-order valence-electron chi connectivity index (χ3n) is 1.86. The zero-order chi connectivity index (χ0) is 12.0. The molecule has 82 valence electrons. The maximum Gasteiger partial charge on any atom is 0.339 e. The number of rotatable bonds is 2. The van der Waals surface area contributed by atoms with Gasteiger partial charge in [-0.2, -0.15) is 0 Å². The van der Waals surface area contributed by atoms with Crippen LogP contribution in [0.4, 0.5) is 0 Å².